The molecule has 0 unspecified atom stereocenters. The molecule has 5 heteroatoms. The van der Waals surface area contributed by atoms with Gasteiger partial charge in [-0.25, -0.2) is 0 Å². The molecule has 17 heavy (non-hydrogen) atoms. The Labute approximate surface area is 100.0 Å². The molecule has 0 amide bonds. The van der Waals surface area contributed by atoms with Crippen molar-refractivity contribution in [2.24, 2.45) is 7.05 Å². The maximum atomic E-state index is 5.62. The number of benzene rings is 1. The fraction of sp³-hybridized carbons (Fsp3) is 0.167. The average molecular weight is 229 g/mol. The van der Waals surface area contributed by atoms with E-state index in [4.69, 9.17) is 5.73 Å². The topological polar surface area (TPSA) is 68.8 Å². The lowest BCUT2D eigenvalue weighted by Crippen LogP contribution is -1.99. The second kappa shape index (κ2) is 4.69. The molecule has 1 aromatic heterocycles. The van der Waals surface area contributed by atoms with Gasteiger partial charge in [0.05, 0.1) is 0 Å². The first-order valence-electron chi connectivity index (χ1n) is 5.31. The lowest BCUT2D eigenvalue weighted by Gasteiger charge is -1.99. The van der Waals surface area contributed by atoms with Crippen molar-refractivity contribution in [3.63, 3.8) is 0 Å². The van der Waals surface area contributed by atoms with Crippen molar-refractivity contribution in [1.29, 1.82) is 0 Å². The predicted molar refractivity (Wildman–Crippen MR) is 70.3 cm³/mol. The van der Waals surface area contributed by atoms with Crippen LogP contribution in [0, 0.1) is 0 Å². The van der Waals surface area contributed by atoms with E-state index in [1.54, 1.807) is 0 Å². The summed E-state index contributed by atoms with van der Waals surface area (Å²) in [6.07, 6.45) is 3.89. The third kappa shape index (κ3) is 2.44. The second-order valence-corrected chi connectivity index (χ2v) is 3.69. The highest BCUT2D eigenvalue weighted by Gasteiger charge is 2.02. The molecule has 0 aliphatic heterocycles. The minimum Gasteiger partial charge on any atom is -0.399 e. The van der Waals surface area contributed by atoms with Crippen molar-refractivity contribution < 1.29 is 0 Å². The first kappa shape index (κ1) is 11.2. The summed E-state index contributed by atoms with van der Waals surface area (Å²) in [6, 6.07) is 7.66. The van der Waals surface area contributed by atoms with Crippen LogP contribution in [0.4, 0.5) is 11.6 Å². The van der Waals surface area contributed by atoms with E-state index in [2.05, 4.69) is 15.5 Å². The summed E-state index contributed by atoms with van der Waals surface area (Å²) >= 11 is 0. The lowest BCUT2D eigenvalue weighted by atomic mass is 10.2. The zero-order chi connectivity index (χ0) is 12.3. The summed E-state index contributed by atoms with van der Waals surface area (Å²) in [5, 5.41) is 11.0. The Morgan fingerprint density at radius 1 is 1.18 bits per heavy atom. The molecule has 88 valence electrons. The van der Waals surface area contributed by atoms with Crippen LogP contribution in [-0.4, -0.2) is 21.8 Å². The van der Waals surface area contributed by atoms with Gasteiger partial charge in [0.1, 0.15) is 0 Å². The van der Waals surface area contributed by atoms with E-state index in [0.29, 0.717) is 0 Å². The Balaban J connectivity index is 2.20. The van der Waals surface area contributed by atoms with Gasteiger partial charge >= 0.3 is 0 Å². The molecular formula is C12H15N5. The molecule has 1 aromatic carbocycles. The highest BCUT2D eigenvalue weighted by molar-refractivity contribution is 5.68. The minimum atomic E-state index is 0.738. The fourth-order valence-electron chi connectivity index (χ4n) is 1.48. The van der Waals surface area contributed by atoms with Gasteiger partial charge in [-0.2, -0.15) is 0 Å². The number of rotatable bonds is 3. The van der Waals surface area contributed by atoms with Gasteiger partial charge in [-0.05, 0) is 23.8 Å². The Morgan fingerprint density at radius 2 is 1.88 bits per heavy atom. The van der Waals surface area contributed by atoms with E-state index in [9.17, 15) is 0 Å². The molecule has 0 spiro atoms. The lowest BCUT2D eigenvalue weighted by molar-refractivity contribution is 0.902. The van der Waals surface area contributed by atoms with Crippen molar-refractivity contribution in [3.8, 4) is 0 Å². The normalized spacial score (nSPS) is 10.9. The van der Waals surface area contributed by atoms with Gasteiger partial charge in [-0.15, -0.1) is 10.2 Å². The third-order valence-corrected chi connectivity index (χ3v) is 2.49. The molecule has 2 aromatic rings. The van der Waals surface area contributed by atoms with Crippen molar-refractivity contribution >= 4 is 23.8 Å². The summed E-state index contributed by atoms with van der Waals surface area (Å²) in [6.45, 7) is 0. The van der Waals surface area contributed by atoms with Gasteiger partial charge in [-0.3, -0.25) is 4.57 Å². The Hall–Kier alpha value is -2.30. The first-order chi connectivity index (χ1) is 8.20. The zero-order valence-corrected chi connectivity index (χ0v) is 9.88. The van der Waals surface area contributed by atoms with Gasteiger partial charge in [0, 0.05) is 19.8 Å². The quantitative estimate of drug-likeness (QED) is 0.784. The molecule has 0 radical (unpaired) electrons. The molecule has 0 aliphatic rings. The smallest absolute Gasteiger partial charge is 0.224 e. The average Bonchev–Trinajstić information content (AvgIpc) is 2.69. The number of nitrogen functional groups attached to an aromatic ring is 1. The minimum absolute atomic E-state index is 0.738. The number of nitrogens with zero attached hydrogens (tertiary/aromatic N) is 3. The molecule has 1 heterocycles. The first-order valence-corrected chi connectivity index (χ1v) is 5.31. The van der Waals surface area contributed by atoms with Crippen LogP contribution in [0.15, 0.2) is 24.3 Å². The number of hydrogen-bond donors (Lipinski definition) is 2. The van der Waals surface area contributed by atoms with E-state index >= 15 is 0 Å². The number of nitrogens with two attached hydrogens (primary N) is 1. The largest absolute Gasteiger partial charge is 0.399 e. The maximum Gasteiger partial charge on any atom is 0.224 e. The second-order valence-electron chi connectivity index (χ2n) is 3.69. The monoisotopic (exact) mass is 229 g/mol. The van der Waals surface area contributed by atoms with E-state index in [1.165, 1.54) is 0 Å². The van der Waals surface area contributed by atoms with Crippen molar-refractivity contribution in [2.75, 3.05) is 18.1 Å². The Bertz CT molecular complexity index is 524. The predicted octanol–water partition coefficient (Wildman–Crippen LogP) is 1.61. The van der Waals surface area contributed by atoms with Crippen molar-refractivity contribution in [2.45, 2.75) is 0 Å². The SMILES string of the molecule is CNc1nnc(/C=C/c2ccc(N)cc2)n1C. The molecule has 3 N–H and O–H groups in total. The number of hydrogen-bond acceptors (Lipinski definition) is 4. The van der Waals surface area contributed by atoms with Crippen LogP contribution in [-0.2, 0) is 7.05 Å². The standard InChI is InChI=1S/C12H15N5/c1-14-12-16-15-11(17(12)2)8-5-9-3-6-10(13)7-4-9/h3-8H,13H2,1-2H3,(H,14,16)/b8-5+. The summed E-state index contributed by atoms with van der Waals surface area (Å²) in [5.41, 5.74) is 7.46. The summed E-state index contributed by atoms with van der Waals surface area (Å²) < 4.78 is 1.88. The molecule has 0 saturated carbocycles. The maximum absolute atomic E-state index is 5.62. The number of nitrogens with one attached hydrogen (secondary N) is 1. The van der Waals surface area contributed by atoms with E-state index < -0.39 is 0 Å². The van der Waals surface area contributed by atoms with Crippen LogP contribution in [0.1, 0.15) is 11.4 Å². The van der Waals surface area contributed by atoms with E-state index in [-0.39, 0.29) is 0 Å². The molecule has 0 aliphatic carbocycles. The van der Waals surface area contributed by atoms with E-state index in [0.717, 1.165) is 23.0 Å². The molecular weight excluding hydrogens is 214 g/mol. The van der Waals surface area contributed by atoms with Crippen LogP contribution in [0.25, 0.3) is 12.2 Å². The third-order valence-electron chi connectivity index (χ3n) is 2.49. The van der Waals surface area contributed by atoms with Crippen molar-refractivity contribution in [1.82, 2.24) is 14.8 Å². The molecule has 2 rings (SSSR count). The molecule has 0 bridgehead atoms. The molecule has 0 fully saturated rings. The van der Waals surface area contributed by atoms with Gasteiger partial charge < -0.3 is 11.1 Å². The summed E-state index contributed by atoms with van der Waals surface area (Å²) in [5.74, 6) is 1.54. The van der Waals surface area contributed by atoms with Crippen LogP contribution < -0.4 is 11.1 Å². The highest BCUT2D eigenvalue weighted by Crippen LogP contribution is 2.11. The van der Waals surface area contributed by atoms with Gasteiger partial charge in [0.2, 0.25) is 5.95 Å². The number of aromatic nitrogens is 3. The molecule has 0 atom stereocenters. The Morgan fingerprint density at radius 3 is 2.47 bits per heavy atom. The molecule has 5 nitrogen and oxygen atoms in total. The van der Waals surface area contributed by atoms with Crippen molar-refractivity contribution in [3.05, 3.63) is 35.7 Å². The molecule has 0 saturated heterocycles. The summed E-state index contributed by atoms with van der Waals surface area (Å²) in [4.78, 5) is 0. The van der Waals surface area contributed by atoms with E-state index in [1.807, 2.05) is 55.1 Å². The van der Waals surface area contributed by atoms with Crippen LogP contribution in [0.2, 0.25) is 0 Å². The highest BCUT2D eigenvalue weighted by atomic mass is 15.3. The van der Waals surface area contributed by atoms with Crippen LogP contribution in [0.5, 0.6) is 0 Å². The number of anilines is 2. The van der Waals surface area contributed by atoms with Crippen LogP contribution >= 0.6 is 0 Å². The van der Waals surface area contributed by atoms with Gasteiger partial charge in [-0.1, -0.05) is 18.2 Å². The van der Waals surface area contributed by atoms with Crippen LogP contribution in [0.3, 0.4) is 0 Å². The van der Waals surface area contributed by atoms with Gasteiger partial charge in [0.25, 0.3) is 0 Å². The van der Waals surface area contributed by atoms with Gasteiger partial charge in [0.15, 0.2) is 5.82 Å². The summed E-state index contributed by atoms with van der Waals surface area (Å²) in [7, 11) is 3.73. The Kier molecular flexibility index (Phi) is 3.09. The fourth-order valence-corrected chi connectivity index (χ4v) is 1.48. The zero-order valence-electron chi connectivity index (χ0n) is 9.88.